The maximum atomic E-state index is 6.66. The van der Waals surface area contributed by atoms with E-state index in [0.29, 0.717) is 11.8 Å². The van der Waals surface area contributed by atoms with Crippen molar-refractivity contribution in [2.45, 2.75) is 71.0 Å². The van der Waals surface area contributed by atoms with E-state index in [-0.39, 0.29) is 5.04 Å². The number of rotatable bonds is 5. The Kier molecular flexibility index (Phi) is 5.29. The van der Waals surface area contributed by atoms with Gasteiger partial charge in [0.25, 0.3) is 8.32 Å². The summed E-state index contributed by atoms with van der Waals surface area (Å²) in [5.41, 5.74) is 2.73. The third-order valence-electron chi connectivity index (χ3n) is 8.08. The molecule has 0 radical (unpaired) electrons. The summed E-state index contributed by atoms with van der Waals surface area (Å²) in [5, 5.41) is 0.137. The van der Waals surface area contributed by atoms with Gasteiger partial charge in [-0.15, -0.1) is 0 Å². The van der Waals surface area contributed by atoms with Gasteiger partial charge in [0.1, 0.15) is 11.5 Å². The first kappa shape index (κ1) is 20.8. The summed E-state index contributed by atoms with van der Waals surface area (Å²) < 4.78 is 18.4. The van der Waals surface area contributed by atoms with Crippen LogP contribution in [-0.4, -0.2) is 22.5 Å². The van der Waals surface area contributed by atoms with Gasteiger partial charge in [-0.2, -0.15) is 0 Å². The summed E-state index contributed by atoms with van der Waals surface area (Å²) in [6.45, 7) is 11.4. The van der Waals surface area contributed by atoms with Gasteiger partial charge < -0.3 is 13.9 Å². The van der Waals surface area contributed by atoms with Crippen LogP contribution in [0.3, 0.4) is 0 Å². The fourth-order valence-electron chi connectivity index (χ4n) is 5.79. The van der Waals surface area contributed by atoms with Gasteiger partial charge in [0.15, 0.2) is 5.75 Å². The van der Waals surface area contributed by atoms with Crippen LogP contribution in [-0.2, 0) is 4.74 Å². The van der Waals surface area contributed by atoms with Crippen LogP contribution in [0.25, 0.3) is 5.76 Å². The summed E-state index contributed by atoms with van der Waals surface area (Å²) in [6, 6.07) is 6.36. The predicted octanol–water partition coefficient (Wildman–Crippen LogP) is 6.89. The second-order valence-corrected chi connectivity index (χ2v) is 15.7. The number of benzene rings is 1. The van der Waals surface area contributed by atoms with E-state index in [1.807, 2.05) is 13.2 Å². The zero-order chi connectivity index (χ0) is 21.0. The molecule has 0 saturated heterocycles. The number of ether oxygens (including phenoxy) is 2. The first-order chi connectivity index (χ1) is 13.6. The van der Waals surface area contributed by atoms with E-state index in [2.05, 4.69) is 46.0 Å². The van der Waals surface area contributed by atoms with Gasteiger partial charge in [0.2, 0.25) is 0 Å². The molecule has 4 aliphatic carbocycles. The lowest BCUT2D eigenvalue weighted by Gasteiger charge is -2.51. The Balaban J connectivity index is 1.73. The summed E-state index contributed by atoms with van der Waals surface area (Å²) >= 11 is 0. The molecule has 0 aromatic heterocycles. The Labute approximate surface area is 178 Å². The Morgan fingerprint density at radius 1 is 0.897 bits per heavy atom. The van der Waals surface area contributed by atoms with E-state index in [9.17, 15) is 0 Å². The molecule has 5 rings (SSSR count). The van der Waals surface area contributed by atoms with Crippen molar-refractivity contribution in [3.8, 4) is 11.5 Å². The number of hydrogen-bond acceptors (Lipinski definition) is 3. The Morgan fingerprint density at radius 2 is 1.48 bits per heavy atom. The molecule has 0 amide bonds. The Hall–Kier alpha value is -1.42. The molecule has 0 unspecified atom stereocenters. The molecule has 0 heterocycles. The highest BCUT2D eigenvalue weighted by molar-refractivity contribution is 6.74. The van der Waals surface area contributed by atoms with E-state index < -0.39 is 8.32 Å². The van der Waals surface area contributed by atoms with Gasteiger partial charge in [-0.05, 0) is 97.7 Å². The van der Waals surface area contributed by atoms with Crippen LogP contribution in [0.5, 0.6) is 11.5 Å². The fraction of sp³-hybridized carbons (Fsp3) is 0.680. The minimum absolute atomic E-state index is 0.137. The molecular weight excluding hydrogens is 376 g/mol. The monoisotopic (exact) mass is 414 g/mol. The van der Waals surface area contributed by atoms with Gasteiger partial charge in [-0.3, -0.25) is 0 Å². The predicted molar refractivity (Wildman–Crippen MR) is 122 cm³/mol. The smallest absolute Gasteiger partial charge is 0.250 e. The lowest BCUT2D eigenvalue weighted by molar-refractivity contribution is 0.0675. The fourth-order valence-corrected chi connectivity index (χ4v) is 6.81. The van der Waals surface area contributed by atoms with Gasteiger partial charge in [0.05, 0.1) is 14.2 Å². The Morgan fingerprint density at radius 3 is 1.97 bits per heavy atom. The van der Waals surface area contributed by atoms with Crippen molar-refractivity contribution in [3.63, 3.8) is 0 Å². The van der Waals surface area contributed by atoms with Gasteiger partial charge in [-0.25, -0.2) is 0 Å². The van der Waals surface area contributed by atoms with Crippen LogP contribution in [0.15, 0.2) is 23.8 Å². The first-order valence-electron chi connectivity index (χ1n) is 11.3. The third-order valence-corrected chi connectivity index (χ3v) is 12.4. The molecule has 4 bridgehead atoms. The summed E-state index contributed by atoms with van der Waals surface area (Å²) in [4.78, 5) is 0. The number of hydrogen-bond donors (Lipinski definition) is 0. The van der Waals surface area contributed by atoms with Crippen LogP contribution >= 0.6 is 0 Å². The standard InChI is InChI=1S/C25H38O3Si/c1-25(2,3)29(6,7)28-22-15-18(8-9-21(22)26-4)24(27-5)23-19-11-16-10-17(13-19)14-20(23)12-16/h8-9,15-17,19-20H,10-14H2,1-7H3. The highest BCUT2D eigenvalue weighted by Crippen LogP contribution is 2.58. The van der Waals surface area contributed by atoms with Crippen molar-refractivity contribution in [1.29, 1.82) is 0 Å². The molecule has 0 atom stereocenters. The second-order valence-electron chi connectivity index (χ2n) is 11.0. The van der Waals surface area contributed by atoms with E-state index in [1.54, 1.807) is 12.7 Å². The molecular formula is C25H38O3Si. The minimum Gasteiger partial charge on any atom is -0.541 e. The number of allylic oxidation sites excluding steroid dienone is 1. The van der Waals surface area contributed by atoms with Crippen molar-refractivity contribution < 1.29 is 13.9 Å². The molecule has 29 heavy (non-hydrogen) atoms. The molecule has 1 aromatic carbocycles. The maximum absolute atomic E-state index is 6.66. The largest absolute Gasteiger partial charge is 0.541 e. The molecule has 160 valence electrons. The van der Waals surface area contributed by atoms with Crippen LogP contribution in [0.1, 0.15) is 58.4 Å². The molecule has 4 fully saturated rings. The lowest BCUT2D eigenvalue weighted by Crippen LogP contribution is -2.44. The quantitative estimate of drug-likeness (QED) is 0.388. The average Bonchev–Trinajstić information content (AvgIpc) is 2.63. The molecule has 4 heteroatoms. The van der Waals surface area contributed by atoms with E-state index >= 15 is 0 Å². The van der Waals surface area contributed by atoms with Crippen molar-refractivity contribution in [3.05, 3.63) is 29.3 Å². The van der Waals surface area contributed by atoms with E-state index in [4.69, 9.17) is 13.9 Å². The highest BCUT2D eigenvalue weighted by atomic mass is 28.4. The molecule has 1 aromatic rings. The van der Waals surface area contributed by atoms with Crippen molar-refractivity contribution in [1.82, 2.24) is 0 Å². The average molecular weight is 415 g/mol. The highest BCUT2D eigenvalue weighted by Gasteiger charge is 2.47. The summed E-state index contributed by atoms with van der Waals surface area (Å²) in [6.07, 6.45) is 6.91. The summed E-state index contributed by atoms with van der Waals surface area (Å²) in [7, 11) is 1.60. The zero-order valence-electron chi connectivity index (χ0n) is 19.3. The molecule has 0 aliphatic heterocycles. The van der Waals surface area contributed by atoms with E-state index in [0.717, 1.165) is 34.7 Å². The van der Waals surface area contributed by atoms with Gasteiger partial charge >= 0.3 is 0 Å². The van der Waals surface area contributed by atoms with Gasteiger partial charge in [-0.1, -0.05) is 20.8 Å². The molecule has 4 saturated carbocycles. The lowest BCUT2D eigenvalue weighted by atomic mass is 9.54. The second kappa shape index (κ2) is 7.37. The van der Waals surface area contributed by atoms with Crippen molar-refractivity contribution in [2.24, 2.45) is 23.7 Å². The van der Waals surface area contributed by atoms with Crippen LogP contribution in [0, 0.1) is 23.7 Å². The van der Waals surface area contributed by atoms with Crippen molar-refractivity contribution >= 4 is 14.1 Å². The van der Waals surface area contributed by atoms with Crippen molar-refractivity contribution in [2.75, 3.05) is 14.2 Å². The molecule has 3 nitrogen and oxygen atoms in total. The normalized spacial score (nSPS) is 28.4. The van der Waals surface area contributed by atoms with Crippen LogP contribution in [0.2, 0.25) is 18.1 Å². The topological polar surface area (TPSA) is 27.7 Å². The molecule has 4 aliphatic rings. The van der Waals surface area contributed by atoms with E-state index in [1.165, 1.54) is 32.1 Å². The number of methoxy groups -OCH3 is 2. The van der Waals surface area contributed by atoms with Crippen LogP contribution in [0.4, 0.5) is 0 Å². The van der Waals surface area contributed by atoms with Crippen LogP contribution < -0.4 is 9.16 Å². The third kappa shape index (κ3) is 3.73. The van der Waals surface area contributed by atoms with Gasteiger partial charge in [0, 0.05) is 5.56 Å². The molecule has 0 N–H and O–H groups in total. The molecule has 0 spiro atoms. The SMILES string of the molecule is COC(=C1C2CC3CC(C2)CC1C3)c1ccc(OC)c(O[Si](C)(C)C(C)(C)C)c1. The first-order valence-corrected chi connectivity index (χ1v) is 14.2. The summed E-state index contributed by atoms with van der Waals surface area (Å²) in [5.74, 6) is 6.10. The minimum atomic E-state index is -1.96. The Bertz CT molecular complexity index is 773. The maximum Gasteiger partial charge on any atom is 0.250 e. The zero-order valence-corrected chi connectivity index (χ0v) is 20.3.